The number of carbonyl (C=O) groups excluding carboxylic acids is 1. The van der Waals surface area contributed by atoms with Gasteiger partial charge in [0, 0.05) is 45.2 Å². The number of likely N-dealkylation sites (tertiary alicyclic amines) is 1. The number of β-amino-alcohol motifs (C(OH)–C–C–N with tert-alkyl or cyclic N) is 1. The topological polar surface area (TPSA) is 122 Å². The molecule has 3 aromatic rings. The SMILES string of the molecule is O=C1COc2ccc(CNC[C@H]3CN(CCn4c(=O)cnc5ccc(F)cc54)C[C@H]3O)nc2N1. The molecule has 10 nitrogen and oxygen atoms in total. The molecule has 2 aromatic heterocycles. The van der Waals surface area contributed by atoms with E-state index in [2.05, 4.69) is 25.5 Å². The minimum absolute atomic E-state index is 0.00868. The third-order valence-electron chi connectivity index (χ3n) is 6.18. The molecule has 11 heteroatoms. The van der Waals surface area contributed by atoms with Gasteiger partial charge in [0.2, 0.25) is 0 Å². The summed E-state index contributed by atoms with van der Waals surface area (Å²) in [6.45, 7) is 3.15. The second-order valence-electron chi connectivity index (χ2n) is 8.59. The first-order chi connectivity index (χ1) is 16.5. The Morgan fingerprint density at radius 3 is 2.97 bits per heavy atom. The Morgan fingerprint density at radius 1 is 1.21 bits per heavy atom. The quantitative estimate of drug-likeness (QED) is 0.454. The minimum atomic E-state index is -0.500. The zero-order chi connectivity index (χ0) is 23.7. The first-order valence-corrected chi connectivity index (χ1v) is 11.1. The van der Waals surface area contributed by atoms with Gasteiger partial charge in [-0.05, 0) is 30.3 Å². The first kappa shape index (κ1) is 22.4. The number of pyridine rings is 1. The normalized spacial score (nSPS) is 20.2. The molecule has 0 radical (unpaired) electrons. The number of nitrogens with one attached hydrogen (secondary N) is 2. The third kappa shape index (κ3) is 4.76. The molecule has 0 unspecified atom stereocenters. The summed E-state index contributed by atoms with van der Waals surface area (Å²) in [6.07, 6.45) is 0.748. The predicted molar refractivity (Wildman–Crippen MR) is 122 cm³/mol. The van der Waals surface area contributed by atoms with Gasteiger partial charge >= 0.3 is 0 Å². The van der Waals surface area contributed by atoms with Crippen LogP contribution in [0.25, 0.3) is 11.0 Å². The van der Waals surface area contributed by atoms with Gasteiger partial charge in [0.05, 0.1) is 29.0 Å². The van der Waals surface area contributed by atoms with Gasteiger partial charge in [-0.25, -0.2) is 14.4 Å². The van der Waals surface area contributed by atoms with E-state index >= 15 is 0 Å². The first-order valence-electron chi connectivity index (χ1n) is 11.1. The number of aromatic nitrogens is 3. The van der Waals surface area contributed by atoms with E-state index in [4.69, 9.17) is 4.74 Å². The van der Waals surface area contributed by atoms with E-state index < -0.39 is 11.9 Å². The number of ether oxygens (including phenoxy) is 1. The number of hydrogen-bond acceptors (Lipinski definition) is 8. The summed E-state index contributed by atoms with van der Waals surface area (Å²) in [4.78, 5) is 34.4. The van der Waals surface area contributed by atoms with E-state index in [0.717, 1.165) is 5.69 Å². The molecule has 2 aliphatic rings. The second kappa shape index (κ2) is 9.45. The zero-order valence-corrected chi connectivity index (χ0v) is 18.4. The van der Waals surface area contributed by atoms with Crippen molar-refractivity contribution in [2.75, 3.05) is 38.1 Å². The van der Waals surface area contributed by atoms with E-state index in [1.54, 1.807) is 12.1 Å². The average Bonchev–Trinajstić information content (AvgIpc) is 3.17. The van der Waals surface area contributed by atoms with Crippen LogP contribution in [0.2, 0.25) is 0 Å². The maximum absolute atomic E-state index is 13.7. The van der Waals surface area contributed by atoms with Gasteiger partial charge < -0.3 is 25.0 Å². The predicted octanol–water partition coefficient (Wildman–Crippen LogP) is 0.344. The third-order valence-corrected chi connectivity index (χ3v) is 6.18. The number of rotatable bonds is 7. The number of anilines is 1. The summed E-state index contributed by atoms with van der Waals surface area (Å²) in [6, 6.07) is 7.81. The number of aliphatic hydroxyl groups excluding tert-OH is 1. The van der Waals surface area contributed by atoms with Gasteiger partial charge in [-0.15, -0.1) is 0 Å². The van der Waals surface area contributed by atoms with Gasteiger partial charge in [0.1, 0.15) is 5.82 Å². The fourth-order valence-corrected chi connectivity index (χ4v) is 4.42. The van der Waals surface area contributed by atoms with Crippen molar-refractivity contribution in [1.82, 2.24) is 24.8 Å². The Morgan fingerprint density at radius 2 is 2.09 bits per heavy atom. The number of amides is 1. The van der Waals surface area contributed by atoms with E-state index in [0.29, 0.717) is 61.9 Å². The van der Waals surface area contributed by atoms with Crippen molar-refractivity contribution in [3.05, 3.63) is 58.4 Å². The minimum Gasteiger partial charge on any atom is -0.480 e. The molecule has 1 amide bonds. The van der Waals surface area contributed by atoms with Crippen molar-refractivity contribution in [3.8, 4) is 5.75 Å². The lowest BCUT2D eigenvalue weighted by Crippen LogP contribution is -2.31. The fourth-order valence-electron chi connectivity index (χ4n) is 4.42. The zero-order valence-electron chi connectivity index (χ0n) is 18.4. The van der Waals surface area contributed by atoms with Crippen LogP contribution in [0.5, 0.6) is 5.75 Å². The van der Waals surface area contributed by atoms with Gasteiger partial charge in [-0.1, -0.05) is 0 Å². The summed E-state index contributed by atoms with van der Waals surface area (Å²) < 4.78 is 20.5. The summed E-state index contributed by atoms with van der Waals surface area (Å²) in [5.74, 6) is 0.338. The number of nitrogens with zero attached hydrogens (tertiary/aromatic N) is 4. The monoisotopic (exact) mass is 468 g/mol. The molecule has 1 aromatic carbocycles. The van der Waals surface area contributed by atoms with Crippen molar-refractivity contribution in [2.45, 2.75) is 19.2 Å². The smallest absolute Gasteiger partial charge is 0.269 e. The van der Waals surface area contributed by atoms with Crippen molar-refractivity contribution in [2.24, 2.45) is 5.92 Å². The molecule has 34 heavy (non-hydrogen) atoms. The lowest BCUT2D eigenvalue weighted by Gasteiger charge is -2.18. The van der Waals surface area contributed by atoms with Crippen LogP contribution >= 0.6 is 0 Å². The summed E-state index contributed by atoms with van der Waals surface area (Å²) in [5.41, 5.74) is 1.50. The van der Waals surface area contributed by atoms with Gasteiger partial charge in [0.15, 0.2) is 18.2 Å². The Balaban J connectivity index is 1.15. The van der Waals surface area contributed by atoms with Crippen LogP contribution in [0.1, 0.15) is 5.69 Å². The number of hydrogen-bond donors (Lipinski definition) is 3. The molecule has 1 fully saturated rings. The summed E-state index contributed by atoms with van der Waals surface area (Å²) in [5, 5.41) is 16.5. The maximum atomic E-state index is 13.7. The Hall–Kier alpha value is -3.41. The molecule has 0 saturated carbocycles. The Kier molecular flexibility index (Phi) is 6.22. The molecule has 178 valence electrons. The number of benzene rings is 1. The maximum Gasteiger partial charge on any atom is 0.269 e. The number of aliphatic hydroxyl groups is 1. The van der Waals surface area contributed by atoms with E-state index in [-0.39, 0.29) is 24.0 Å². The Bertz CT molecular complexity index is 1280. The van der Waals surface area contributed by atoms with Crippen LogP contribution in [-0.2, 0) is 17.9 Å². The highest BCUT2D eigenvalue weighted by atomic mass is 19.1. The number of halogens is 1. The second-order valence-corrected chi connectivity index (χ2v) is 8.59. The highest BCUT2D eigenvalue weighted by Crippen LogP contribution is 2.25. The molecule has 4 heterocycles. The van der Waals surface area contributed by atoms with Crippen molar-refractivity contribution >= 4 is 22.8 Å². The molecular formula is C23H25FN6O4. The largest absolute Gasteiger partial charge is 0.480 e. The Labute approximate surface area is 194 Å². The molecule has 0 bridgehead atoms. The summed E-state index contributed by atoms with van der Waals surface area (Å²) in [7, 11) is 0. The molecule has 0 aliphatic carbocycles. The number of carbonyl (C=O) groups is 1. The van der Waals surface area contributed by atoms with E-state index in [1.165, 1.54) is 22.9 Å². The van der Waals surface area contributed by atoms with Gasteiger partial charge in [-0.2, -0.15) is 0 Å². The molecule has 0 spiro atoms. The van der Waals surface area contributed by atoms with Crippen LogP contribution in [0.4, 0.5) is 10.2 Å². The van der Waals surface area contributed by atoms with E-state index in [9.17, 15) is 19.1 Å². The fraction of sp³-hybridized carbons (Fsp3) is 0.391. The van der Waals surface area contributed by atoms with Gasteiger partial charge in [-0.3, -0.25) is 14.5 Å². The van der Waals surface area contributed by atoms with Crippen LogP contribution < -0.4 is 20.9 Å². The van der Waals surface area contributed by atoms with Crippen LogP contribution in [0, 0.1) is 11.7 Å². The number of fused-ring (bicyclic) bond motifs is 2. The van der Waals surface area contributed by atoms with Crippen LogP contribution in [-0.4, -0.2) is 69.3 Å². The molecular weight excluding hydrogens is 443 g/mol. The lowest BCUT2D eigenvalue weighted by atomic mass is 10.1. The van der Waals surface area contributed by atoms with Crippen molar-refractivity contribution < 1.29 is 19.0 Å². The standard InChI is InChI=1S/C23H25FN6O4/c24-15-1-3-17-18(7-15)30(22(33)10-26-17)6-5-29-11-14(19(31)12-29)8-25-9-16-2-4-20-23(27-16)28-21(32)13-34-20/h1-4,7,10,14,19,25,31H,5-6,8-9,11-13H2,(H,27,28,32)/t14-,19+/m0/s1. The van der Waals surface area contributed by atoms with E-state index in [1.807, 2.05) is 6.07 Å². The molecule has 2 atom stereocenters. The van der Waals surface area contributed by atoms with Gasteiger partial charge in [0.25, 0.3) is 11.5 Å². The van der Waals surface area contributed by atoms with Crippen LogP contribution in [0.15, 0.2) is 41.3 Å². The average molecular weight is 468 g/mol. The molecule has 3 N–H and O–H groups in total. The van der Waals surface area contributed by atoms with Crippen LogP contribution in [0.3, 0.4) is 0 Å². The summed E-state index contributed by atoms with van der Waals surface area (Å²) >= 11 is 0. The lowest BCUT2D eigenvalue weighted by molar-refractivity contribution is -0.118. The molecule has 2 aliphatic heterocycles. The van der Waals surface area contributed by atoms with Crippen molar-refractivity contribution in [3.63, 3.8) is 0 Å². The highest BCUT2D eigenvalue weighted by molar-refractivity contribution is 5.94. The van der Waals surface area contributed by atoms with Crippen molar-refractivity contribution in [1.29, 1.82) is 0 Å². The molecule has 1 saturated heterocycles. The molecule has 5 rings (SSSR count). The highest BCUT2D eigenvalue weighted by Gasteiger charge is 2.30.